The minimum absolute atomic E-state index is 0.119. The van der Waals surface area contributed by atoms with Crippen molar-refractivity contribution in [3.05, 3.63) is 11.1 Å². The second kappa shape index (κ2) is 5.92. The number of fused-ring (bicyclic) bond motifs is 1. The number of hydrogen-bond acceptors (Lipinski definition) is 4. The molecule has 0 aromatic carbocycles. The average molecular weight is 268 g/mol. The van der Waals surface area contributed by atoms with Gasteiger partial charge in [-0.25, -0.2) is 0 Å². The van der Waals surface area contributed by atoms with Crippen LogP contribution in [0.15, 0.2) is 11.1 Å². The third kappa shape index (κ3) is 2.72. The Hall–Kier alpha value is -0.420. The van der Waals surface area contributed by atoms with Crippen molar-refractivity contribution in [1.29, 1.82) is 0 Å². The van der Waals surface area contributed by atoms with Crippen molar-refractivity contribution < 1.29 is 19.3 Å². The van der Waals surface area contributed by atoms with E-state index in [0.29, 0.717) is 12.5 Å². The van der Waals surface area contributed by atoms with Gasteiger partial charge in [0.05, 0.1) is 6.61 Å². The predicted molar refractivity (Wildman–Crippen MR) is 70.4 cm³/mol. The summed E-state index contributed by atoms with van der Waals surface area (Å²) in [5.41, 5.74) is 2.66. The van der Waals surface area contributed by atoms with Gasteiger partial charge in [-0.05, 0) is 50.5 Å². The van der Waals surface area contributed by atoms with Crippen LogP contribution < -0.4 is 0 Å². The molecule has 0 saturated carbocycles. The van der Waals surface area contributed by atoms with E-state index in [1.54, 1.807) is 0 Å². The Morgan fingerprint density at radius 2 is 2.16 bits per heavy atom. The highest BCUT2D eigenvalue weighted by Crippen LogP contribution is 2.43. The van der Waals surface area contributed by atoms with Gasteiger partial charge < -0.3 is 19.3 Å². The van der Waals surface area contributed by atoms with Gasteiger partial charge in [0.2, 0.25) is 0 Å². The zero-order valence-corrected chi connectivity index (χ0v) is 11.6. The van der Waals surface area contributed by atoms with Gasteiger partial charge >= 0.3 is 0 Å². The van der Waals surface area contributed by atoms with Crippen LogP contribution >= 0.6 is 0 Å². The summed E-state index contributed by atoms with van der Waals surface area (Å²) in [6.45, 7) is 3.75. The molecule has 2 aliphatic heterocycles. The monoisotopic (exact) mass is 268 g/mol. The van der Waals surface area contributed by atoms with Gasteiger partial charge in [0.1, 0.15) is 0 Å². The fourth-order valence-electron chi connectivity index (χ4n) is 3.52. The molecule has 1 aliphatic carbocycles. The average Bonchev–Trinajstić information content (AvgIpc) is 2.83. The summed E-state index contributed by atoms with van der Waals surface area (Å²) in [5, 5.41) is 9.46. The quantitative estimate of drug-likeness (QED) is 0.797. The first-order valence-corrected chi connectivity index (χ1v) is 7.48. The molecule has 4 unspecified atom stereocenters. The van der Waals surface area contributed by atoms with Crippen molar-refractivity contribution in [2.24, 2.45) is 11.8 Å². The van der Waals surface area contributed by atoms with Crippen LogP contribution in [0.25, 0.3) is 0 Å². The molecule has 0 radical (unpaired) electrons. The molecule has 108 valence electrons. The lowest BCUT2D eigenvalue weighted by Gasteiger charge is -2.37. The van der Waals surface area contributed by atoms with E-state index < -0.39 is 0 Å². The van der Waals surface area contributed by atoms with E-state index in [4.69, 9.17) is 14.2 Å². The molecular formula is C15H24O4. The van der Waals surface area contributed by atoms with Gasteiger partial charge in [-0.3, -0.25) is 0 Å². The summed E-state index contributed by atoms with van der Waals surface area (Å²) in [4.78, 5) is 0. The summed E-state index contributed by atoms with van der Waals surface area (Å²) in [7, 11) is 0. The molecule has 4 atom stereocenters. The number of hydrogen-bond donors (Lipinski definition) is 1. The van der Waals surface area contributed by atoms with Crippen LogP contribution in [0, 0.1) is 11.8 Å². The maximum Gasteiger partial charge on any atom is 0.183 e. The summed E-state index contributed by atoms with van der Waals surface area (Å²) < 4.78 is 17.5. The first kappa shape index (κ1) is 13.6. The molecule has 0 spiro atoms. The number of ether oxygens (including phenoxy) is 3. The Bertz CT molecular complexity index is 346. The maximum absolute atomic E-state index is 9.46. The predicted octanol–water partition coefficient (Wildman–Crippen LogP) is 2.22. The van der Waals surface area contributed by atoms with Crippen LogP contribution in [-0.2, 0) is 14.2 Å². The Balaban J connectivity index is 1.69. The molecule has 1 N–H and O–H groups in total. The SMILES string of the molecule is CC1=C2C(OC3CCCCO3)OCC(CO)C2CC1. The number of aliphatic hydroxyl groups excluding tert-OH is 1. The van der Waals surface area contributed by atoms with Gasteiger partial charge in [0.15, 0.2) is 12.6 Å². The second-order valence-electron chi connectivity index (χ2n) is 5.92. The van der Waals surface area contributed by atoms with Crippen molar-refractivity contribution in [2.75, 3.05) is 19.8 Å². The van der Waals surface area contributed by atoms with Crippen molar-refractivity contribution >= 4 is 0 Å². The van der Waals surface area contributed by atoms with Crippen LogP contribution in [0.5, 0.6) is 0 Å². The topological polar surface area (TPSA) is 47.9 Å². The van der Waals surface area contributed by atoms with Gasteiger partial charge in [-0.2, -0.15) is 0 Å². The first-order chi connectivity index (χ1) is 9.29. The molecular weight excluding hydrogens is 244 g/mol. The molecule has 2 saturated heterocycles. The zero-order chi connectivity index (χ0) is 13.2. The molecule has 3 aliphatic rings. The van der Waals surface area contributed by atoms with Crippen LogP contribution in [0.2, 0.25) is 0 Å². The molecule has 19 heavy (non-hydrogen) atoms. The molecule has 4 nitrogen and oxygen atoms in total. The third-order valence-corrected chi connectivity index (χ3v) is 4.66. The summed E-state index contributed by atoms with van der Waals surface area (Å²) >= 11 is 0. The van der Waals surface area contributed by atoms with E-state index in [1.807, 2.05) is 0 Å². The molecule has 0 aromatic heterocycles. The first-order valence-electron chi connectivity index (χ1n) is 7.48. The molecule has 2 fully saturated rings. The molecule has 0 aromatic rings. The Morgan fingerprint density at radius 3 is 2.89 bits per heavy atom. The van der Waals surface area contributed by atoms with Gasteiger partial charge in [0, 0.05) is 19.1 Å². The van der Waals surface area contributed by atoms with E-state index in [-0.39, 0.29) is 25.1 Å². The van der Waals surface area contributed by atoms with E-state index in [0.717, 1.165) is 38.7 Å². The summed E-state index contributed by atoms with van der Waals surface area (Å²) in [5.74, 6) is 0.673. The highest BCUT2D eigenvalue weighted by Gasteiger charge is 2.41. The van der Waals surface area contributed by atoms with Crippen molar-refractivity contribution in [1.82, 2.24) is 0 Å². The highest BCUT2D eigenvalue weighted by atomic mass is 16.8. The normalized spacial score (nSPS) is 39.5. The Kier molecular flexibility index (Phi) is 4.22. The van der Waals surface area contributed by atoms with Crippen LogP contribution in [-0.4, -0.2) is 37.5 Å². The molecule has 0 amide bonds. The number of aliphatic hydroxyl groups is 1. The van der Waals surface area contributed by atoms with E-state index in [2.05, 4.69) is 6.92 Å². The van der Waals surface area contributed by atoms with Gasteiger partial charge in [-0.15, -0.1) is 0 Å². The highest BCUT2D eigenvalue weighted by molar-refractivity contribution is 5.26. The lowest BCUT2D eigenvalue weighted by atomic mass is 9.85. The third-order valence-electron chi connectivity index (χ3n) is 4.66. The fourth-order valence-corrected chi connectivity index (χ4v) is 3.52. The van der Waals surface area contributed by atoms with Crippen LogP contribution in [0.3, 0.4) is 0 Å². The molecule has 4 heteroatoms. The number of rotatable bonds is 3. The largest absolute Gasteiger partial charge is 0.396 e. The smallest absolute Gasteiger partial charge is 0.183 e. The van der Waals surface area contributed by atoms with E-state index in [9.17, 15) is 5.11 Å². The van der Waals surface area contributed by atoms with Gasteiger partial charge in [-0.1, -0.05) is 5.57 Å². The lowest BCUT2D eigenvalue weighted by Crippen LogP contribution is -2.40. The van der Waals surface area contributed by atoms with Crippen LogP contribution in [0.1, 0.15) is 39.0 Å². The Morgan fingerprint density at radius 1 is 1.26 bits per heavy atom. The van der Waals surface area contributed by atoms with Gasteiger partial charge in [0.25, 0.3) is 0 Å². The zero-order valence-electron chi connectivity index (χ0n) is 11.6. The summed E-state index contributed by atoms with van der Waals surface area (Å²) in [6, 6.07) is 0. The lowest BCUT2D eigenvalue weighted by molar-refractivity contribution is -0.256. The van der Waals surface area contributed by atoms with Crippen molar-refractivity contribution in [3.63, 3.8) is 0 Å². The maximum atomic E-state index is 9.46. The second-order valence-corrected chi connectivity index (χ2v) is 5.92. The molecule has 0 bridgehead atoms. The molecule has 3 rings (SSSR count). The summed E-state index contributed by atoms with van der Waals surface area (Å²) in [6.07, 6.45) is 5.11. The van der Waals surface area contributed by atoms with E-state index in [1.165, 1.54) is 11.1 Å². The molecule has 2 heterocycles. The van der Waals surface area contributed by atoms with E-state index >= 15 is 0 Å². The van der Waals surface area contributed by atoms with Crippen molar-refractivity contribution in [3.8, 4) is 0 Å². The minimum atomic E-state index is -0.251. The van der Waals surface area contributed by atoms with Crippen LogP contribution in [0.4, 0.5) is 0 Å². The fraction of sp³-hybridized carbons (Fsp3) is 0.867. The Labute approximate surface area is 114 Å². The minimum Gasteiger partial charge on any atom is -0.396 e. The van der Waals surface area contributed by atoms with Crippen molar-refractivity contribution in [2.45, 2.75) is 51.6 Å². The number of allylic oxidation sites excluding steroid dienone is 1. The standard InChI is InChI=1S/C15H24O4/c1-10-5-6-12-11(8-16)9-18-15(14(10)12)19-13-4-2-3-7-17-13/h11-13,15-16H,2-9H2,1H3.